The molecule has 1 aromatic carbocycles. The molecule has 0 aliphatic rings. The van der Waals surface area contributed by atoms with Crippen molar-refractivity contribution < 1.29 is 14.1 Å². The first-order valence-electron chi connectivity index (χ1n) is 8.04. The number of aryl methyl sites for hydroxylation is 1. The maximum absolute atomic E-state index is 12.5. The summed E-state index contributed by atoms with van der Waals surface area (Å²) in [5.74, 6) is 0.835. The first-order chi connectivity index (χ1) is 12.1. The van der Waals surface area contributed by atoms with E-state index in [4.69, 9.17) is 16.0 Å². The predicted molar refractivity (Wildman–Crippen MR) is 101 cm³/mol. The van der Waals surface area contributed by atoms with Crippen molar-refractivity contribution in [3.05, 3.63) is 75.3 Å². The molecule has 4 nitrogen and oxygen atoms in total. The van der Waals surface area contributed by atoms with Gasteiger partial charge in [0.1, 0.15) is 13.1 Å². The van der Waals surface area contributed by atoms with E-state index in [2.05, 4.69) is 16.8 Å². The van der Waals surface area contributed by atoms with Crippen molar-refractivity contribution in [2.45, 2.75) is 20.0 Å². The second-order valence-electron chi connectivity index (χ2n) is 5.95. The molecule has 3 aromatic rings. The average molecular weight is 376 g/mol. The number of rotatable bonds is 7. The molecule has 0 radical (unpaired) electrons. The van der Waals surface area contributed by atoms with Crippen LogP contribution in [0.25, 0.3) is 0 Å². The number of furan rings is 1. The molecule has 0 fully saturated rings. The third kappa shape index (κ3) is 5.19. The number of carbonyl (C=O) groups is 1. The summed E-state index contributed by atoms with van der Waals surface area (Å²) >= 11 is 7.73. The molecule has 0 bridgehead atoms. The lowest BCUT2D eigenvalue weighted by Crippen LogP contribution is -3.10. The SMILES string of the molecule is Cc1ccc(Cl)cc1NC(=O)C[NH+](Cc1ccco1)Cc1cccs1. The second kappa shape index (κ2) is 8.34. The molecular formula is C19H20ClN2O2S+. The highest BCUT2D eigenvalue weighted by Crippen LogP contribution is 2.19. The van der Waals surface area contributed by atoms with Gasteiger partial charge in [-0.15, -0.1) is 11.3 Å². The summed E-state index contributed by atoms with van der Waals surface area (Å²) in [5, 5.41) is 5.63. The van der Waals surface area contributed by atoms with Gasteiger partial charge in [-0.2, -0.15) is 0 Å². The summed E-state index contributed by atoms with van der Waals surface area (Å²) in [4.78, 5) is 14.9. The Labute approximate surface area is 156 Å². The Morgan fingerprint density at radius 1 is 1.24 bits per heavy atom. The Morgan fingerprint density at radius 3 is 2.84 bits per heavy atom. The topological polar surface area (TPSA) is 46.7 Å². The molecule has 1 atom stereocenters. The lowest BCUT2D eigenvalue weighted by Gasteiger charge is -2.18. The number of carbonyl (C=O) groups excluding carboxylic acids is 1. The Bertz CT molecular complexity index is 780. The fourth-order valence-electron chi connectivity index (χ4n) is 2.66. The minimum Gasteiger partial charge on any atom is -0.463 e. The van der Waals surface area contributed by atoms with E-state index in [9.17, 15) is 4.79 Å². The molecule has 130 valence electrons. The quantitative estimate of drug-likeness (QED) is 0.663. The molecule has 3 rings (SSSR count). The van der Waals surface area contributed by atoms with E-state index < -0.39 is 0 Å². The molecule has 0 saturated carbocycles. The molecule has 6 heteroatoms. The highest BCUT2D eigenvalue weighted by molar-refractivity contribution is 7.09. The zero-order valence-corrected chi connectivity index (χ0v) is 15.5. The fraction of sp³-hybridized carbons (Fsp3) is 0.211. The van der Waals surface area contributed by atoms with E-state index >= 15 is 0 Å². The monoisotopic (exact) mass is 375 g/mol. The number of anilines is 1. The third-order valence-corrected chi connectivity index (χ3v) is 5.00. The smallest absolute Gasteiger partial charge is 0.279 e. The molecule has 0 saturated heterocycles. The van der Waals surface area contributed by atoms with Gasteiger partial charge in [0, 0.05) is 10.7 Å². The van der Waals surface area contributed by atoms with Crippen LogP contribution in [0, 0.1) is 6.92 Å². The predicted octanol–water partition coefficient (Wildman–Crippen LogP) is 3.53. The van der Waals surface area contributed by atoms with Gasteiger partial charge in [-0.25, -0.2) is 0 Å². The van der Waals surface area contributed by atoms with Crippen LogP contribution in [0.5, 0.6) is 0 Å². The highest BCUT2D eigenvalue weighted by Gasteiger charge is 2.18. The van der Waals surface area contributed by atoms with Gasteiger partial charge < -0.3 is 14.6 Å². The molecule has 2 aromatic heterocycles. The van der Waals surface area contributed by atoms with Crippen LogP contribution in [-0.2, 0) is 17.9 Å². The lowest BCUT2D eigenvalue weighted by molar-refractivity contribution is -0.920. The van der Waals surface area contributed by atoms with E-state index in [0.29, 0.717) is 18.1 Å². The van der Waals surface area contributed by atoms with Crippen LogP contribution < -0.4 is 10.2 Å². The van der Waals surface area contributed by atoms with Crippen molar-refractivity contribution in [3.63, 3.8) is 0 Å². The van der Waals surface area contributed by atoms with E-state index in [-0.39, 0.29) is 5.91 Å². The van der Waals surface area contributed by atoms with E-state index in [1.807, 2.05) is 37.3 Å². The largest absolute Gasteiger partial charge is 0.463 e. The van der Waals surface area contributed by atoms with Crippen molar-refractivity contribution >= 4 is 34.5 Å². The molecule has 2 heterocycles. The average Bonchev–Trinajstić information content (AvgIpc) is 3.25. The van der Waals surface area contributed by atoms with Crippen LogP contribution in [0.3, 0.4) is 0 Å². The molecule has 1 unspecified atom stereocenters. The number of hydrogen-bond acceptors (Lipinski definition) is 3. The van der Waals surface area contributed by atoms with E-state index in [1.54, 1.807) is 23.7 Å². The van der Waals surface area contributed by atoms with Crippen molar-refractivity contribution in [2.75, 3.05) is 11.9 Å². The van der Waals surface area contributed by atoms with Crippen molar-refractivity contribution in [1.29, 1.82) is 0 Å². The maximum atomic E-state index is 12.5. The first kappa shape index (κ1) is 17.7. The highest BCUT2D eigenvalue weighted by atomic mass is 35.5. The zero-order chi connectivity index (χ0) is 17.6. The Kier molecular flexibility index (Phi) is 5.91. The fourth-order valence-corrected chi connectivity index (χ4v) is 3.61. The third-order valence-electron chi connectivity index (χ3n) is 3.89. The van der Waals surface area contributed by atoms with Crippen LogP contribution >= 0.6 is 22.9 Å². The van der Waals surface area contributed by atoms with Crippen molar-refractivity contribution in [3.8, 4) is 0 Å². The van der Waals surface area contributed by atoms with Crippen molar-refractivity contribution in [2.24, 2.45) is 0 Å². The first-order valence-corrected chi connectivity index (χ1v) is 9.30. The molecule has 0 aliphatic heterocycles. The Hall–Kier alpha value is -2.08. The summed E-state index contributed by atoms with van der Waals surface area (Å²) in [5.41, 5.74) is 1.74. The van der Waals surface area contributed by atoms with Gasteiger partial charge in [0.2, 0.25) is 0 Å². The number of quaternary nitrogens is 1. The molecule has 1 amide bonds. The summed E-state index contributed by atoms with van der Waals surface area (Å²) in [7, 11) is 0. The van der Waals surface area contributed by atoms with Crippen molar-refractivity contribution in [1.82, 2.24) is 0 Å². The Balaban J connectivity index is 1.67. The zero-order valence-electron chi connectivity index (χ0n) is 13.9. The normalized spacial score (nSPS) is 12.1. The summed E-state index contributed by atoms with van der Waals surface area (Å²) in [6, 6.07) is 13.4. The van der Waals surface area contributed by atoms with Crippen LogP contribution in [0.2, 0.25) is 5.02 Å². The molecule has 0 aliphatic carbocycles. The van der Waals surface area contributed by atoms with Gasteiger partial charge >= 0.3 is 0 Å². The van der Waals surface area contributed by atoms with Crippen LogP contribution in [0.1, 0.15) is 16.2 Å². The number of hydrogen-bond donors (Lipinski definition) is 2. The van der Waals surface area contributed by atoms with Gasteiger partial charge in [0.05, 0.1) is 11.1 Å². The van der Waals surface area contributed by atoms with E-state index in [0.717, 1.165) is 28.5 Å². The Morgan fingerprint density at radius 2 is 2.12 bits per heavy atom. The van der Waals surface area contributed by atoms with Gasteiger partial charge in [0.15, 0.2) is 12.3 Å². The van der Waals surface area contributed by atoms with Gasteiger partial charge in [-0.1, -0.05) is 23.7 Å². The number of thiophene rings is 1. The van der Waals surface area contributed by atoms with Crippen LogP contribution in [0.4, 0.5) is 5.69 Å². The standard InChI is InChI=1S/C19H19ClN2O2S/c1-14-6-7-15(20)10-18(14)21-19(23)13-22(11-16-4-2-8-24-16)12-17-5-3-9-25-17/h2-10H,11-13H2,1H3,(H,21,23)/p+1. The van der Waals surface area contributed by atoms with E-state index in [1.165, 1.54) is 4.88 Å². The second-order valence-corrected chi connectivity index (χ2v) is 7.42. The molecule has 2 N–H and O–H groups in total. The summed E-state index contributed by atoms with van der Waals surface area (Å²) < 4.78 is 5.45. The van der Waals surface area contributed by atoms with Gasteiger partial charge in [-0.3, -0.25) is 4.79 Å². The number of amides is 1. The molecular weight excluding hydrogens is 356 g/mol. The number of halogens is 1. The number of benzene rings is 1. The maximum Gasteiger partial charge on any atom is 0.279 e. The molecule has 25 heavy (non-hydrogen) atoms. The van der Waals surface area contributed by atoms with Gasteiger partial charge in [-0.05, 0) is 48.2 Å². The van der Waals surface area contributed by atoms with Crippen LogP contribution in [0.15, 0.2) is 58.5 Å². The van der Waals surface area contributed by atoms with Gasteiger partial charge in [0.25, 0.3) is 5.91 Å². The summed E-state index contributed by atoms with van der Waals surface area (Å²) in [6.45, 7) is 3.74. The number of nitrogens with one attached hydrogen (secondary N) is 2. The minimum atomic E-state index is -0.0384. The van der Waals surface area contributed by atoms with Crippen LogP contribution in [-0.4, -0.2) is 12.5 Å². The molecule has 0 spiro atoms. The minimum absolute atomic E-state index is 0.0384. The lowest BCUT2D eigenvalue weighted by atomic mass is 10.2. The summed E-state index contributed by atoms with van der Waals surface area (Å²) in [6.07, 6.45) is 1.66.